The van der Waals surface area contributed by atoms with Gasteiger partial charge in [-0.2, -0.15) is 5.10 Å². The first-order chi connectivity index (χ1) is 9.70. The quantitative estimate of drug-likeness (QED) is 0.777. The highest BCUT2D eigenvalue weighted by atomic mass is 35.5. The Balaban J connectivity index is 1.58. The Labute approximate surface area is 127 Å². The average molecular weight is 306 g/mol. The van der Waals surface area contributed by atoms with Gasteiger partial charge in [-0.05, 0) is 43.7 Å². The summed E-state index contributed by atoms with van der Waals surface area (Å²) in [7, 11) is 0. The summed E-state index contributed by atoms with van der Waals surface area (Å²) in [6, 6.07) is 12.6. The average Bonchev–Trinajstić information content (AvgIpc) is 3.02. The van der Waals surface area contributed by atoms with E-state index >= 15 is 0 Å². The molecule has 0 aliphatic carbocycles. The van der Waals surface area contributed by atoms with E-state index in [1.54, 1.807) is 11.3 Å². The van der Waals surface area contributed by atoms with Crippen molar-refractivity contribution in [2.24, 2.45) is 0 Å². The van der Waals surface area contributed by atoms with Gasteiger partial charge in [0.2, 0.25) is 0 Å². The van der Waals surface area contributed by atoms with Crippen molar-refractivity contribution in [2.45, 2.75) is 25.9 Å². The summed E-state index contributed by atoms with van der Waals surface area (Å²) in [6.45, 7) is 2.96. The number of nitrogens with zero attached hydrogens (tertiary/aromatic N) is 2. The lowest BCUT2D eigenvalue weighted by Gasteiger charge is -2.11. The van der Waals surface area contributed by atoms with Crippen LogP contribution in [0.4, 0.5) is 0 Å². The minimum Gasteiger partial charge on any atom is -0.308 e. The smallest absolute Gasteiger partial charge is 0.0931 e. The van der Waals surface area contributed by atoms with Gasteiger partial charge in [-0.3, -0.25) is 0 Å². The van der Waals surface area contributed by atoms with Crippen LogP contribution in [0.15, 0.2) is 42.6 Å². The molecule has 0 fully saturated rings. The van der Waals surface area contributed by atoms with Crippen LogP contribution in [0, 0.1) is 0 Å². The Morgan fingerprint density at radius 3 is 3.00 bits per heavy atom. The highest BCUT2D eigenvalue weighted by Crippen LogP contribution is 2.22. The molecule has 0 aliphatic rings. The number of thiophene rings is 1. The molecule has 0 bridgehead atoms. The van der Waals surface area contributed by atoms with Crippen molar-refractivity contribution in [3.8, 4) is 0 Å². The number of rotatable bonds is 5. The first-order valence-corrected chi connectivity index (χ1v) is 7.81. The van der Waals surface area contributed by atoms with E-state index in [4.69, 9.17) is 11.6 Å². The van der Waals surface area contributed by atoms with E-state index in [0.717, 1.165) is 28.5 Å². The summed E-state index contributed by atoms with van der Waals surface area (Å²) in [5, 5.41) is 8.04. The van der Waals surface area contributed by atoms with Crippen LogP contribution in [0.2, 0.25) is 4.34 Å². The first-order valence-electron chi connectivity index (χ1n) is 6.61. The summed E-state index contributed by atoms with van der Waals surface area (Å²) in [4.78, 5) is 1.31. The Bertz CT molecular complexity index is 671. The third-order valence-corrected chi connectivity index (χ3v) is 4.44. The van der Waals surface area contributed by atoms with Crippen molar-refractivity contribution in [3.63, 3.8) is 0 Å². The number of fused-ring (bicyclic) bond motifs is 1. The molecule has 104 valence electrons. The fraction of sp³-hybridized carbons (Fsp3) is 0.267. The van der Waals surface area contributed by atoms with Gasteiger partial charge in [-0.15, -0.1) is 11.3 Å². The molecule has 1 unspecified atom stereocenters. The van der Waals surface area contributed by atoms with Gasteiger partial charge < -0.3 is 5.32 Å². The maximum absolute atomic E-state index is 5.95. The van der Waals surface area contributed by atoms with Crippen molar-refractivity contribution in [3.05, 3.63) is 57.5 Å². The highest BCUT2D eigenvalue weighted by Gasteiger charge is 2.07. The Kier molecular flexibility index (Phi) is 4.05. The number of hydrogen-bond donors (Lipinski definition) is 1. The van der Waals surface area contributed by atoms with Gasteiger partial charge in [0, 0.05) is 23.7 Å². The fourth-order valence-corrected chi connectivity index (χ4v) is 3.41. The molecular weight excluding hydrogens is 290 g/mol. The molecule has 0 amide bonds. The molecule has 3 rings (SSSR count). The van der Waals surface area contributed by atoms with Crippen molar-refractivity contribution in [1.82, 2.24) is 14.9 Å². The third-order valence-electron chi connectivity index (χ3n) is 3.19. The van der Waals surface area contributed by atoms with Crippen molar-refractivity contribution < 1.29 is 0 Å². The van der Waals surface area contributed by atoms with E-state index in [-0.39, 0.29) is 0 Å². The lowest BCUT2D eigenvalue weighted by molar-refractivity contribution is 0.541. The number of hydrogen-bond acceptors (Lipinski definition) is 3. The van der Waals surface area contributed by atoms with Crippen LogP contribution in [0.3, 0.4) is 0 Å². The maximum atomic E-state index is 5.95. The molecule has 3 nitrogen and oxygen atoms in total. The molecule has 3 heterocycles. The topological polar surface area (TPSA) is 29.3 Å². The van der Waals surface area contributed by atoms with E-state index in [9.17, 15) is 0 Å². The van der Waals surface area contributed by atoms with Gasteiger partial charge in [0.15, 0.2) is 0 Å². The number of halogens is 1. The van der Waals surface area contributed by atoms with Crippen LogP contribution < -0.4 is 5.32 Å². The highest BCUT2D eigenvalue weighted by molar-refractivity contribution is 7.16. The van der Waals surface area contributed by atoms with Crippen LogP contribution >= 0.6 is 22.9 Å². The molecule has 1 N–H and O–H groups in total. The molecule has 0 aliphatic heterocycles. The molecule has 3 aromatic rings. The largest absolute Gasteiger partial charge is 0.308 e. The zero-order chi connectivity index (χ0) is 13.9. The second-order valence-corrected chi connectivity index (χ2v) is 6.70. The number of nitrogens with one attached hydrogen (secondary N) is 1. The van der Waals surface area contributed by atoms with E-state index in [1.165, 1.54) is 4.88 Å². The fourth-order valence-electron chi connectivity index (χ4n) is 2.19. The summed E-state index contributed by atoms with van der Waals surface area (Å²) in [5.41, 5.74) is 2.19. The lowest BCUT2D eigenvalue weighted by atomic mass is 10.2. The molecule has 20 heavy (non-hydrogen) atoms. The van der Waals surface area contributed by atoms with E-state index < -0.39 is 0 Å². The maximum Gasteiger partial charge on any atom is 0.0931 e. The molecule has 1 atom stereocenters. The van der Waals surface area contributed by atoms with E-state index in [0.29, 0.717) is 6.04 Å². The predicted octanol–water partition coefficient (Wildman–Crippen LogP) is 3.77. The lowest BCUT2D eigenvalue weighted by Crippen LogP contribution is -2.27. The molecule has 0 spiro atoms. The van der Waals surface area contributed by atoms with Crippen LogP contribution in [-0.4, -0.2) is 15.7 Å². The molecule has 3 aromatic heterocycles. The summed E-state index contributed by atoms with van der Waals surface area (Å²) in [6.07, 6.45) is 2.96. The molecule has 5 heteroatoms. The molecular formula is C15H16ClN3S. The Morgan fingerprint density at radius 1 is 1.35 bits per heavy atom. The Morgan fingerprint density at radius 2 is 2.25 bits per heavy atom. The minimum absolute atomic E-state index is 0.398. The Hall–Kier alpha value is -1.36. The molecule has 0 radical (unpaired) electrons. The second-order valence-electron chi connectivity index (χ2n) is 4.90. The van der Waals surface area contributed by atoms with Gasteiger partial charge in [0.25, 0.3) is 0 Å². The van der Waals surface area contributed by atoms with Crippen LogP contribution in [-0.2, 0) is 13.0 Å². The molecule has 0 saturated carbocycles. The number of pyridine rings is 1. The van der Waals surface area contributed by atoms with Gasteiger partial charge in [0.05, 0.1) is 15.5 Å². The zero-order valence-electron chi connectivity index (χ0n) is 11.2. The monoisotopic (exact) mass is 305 g/mol. The van der Waals surface area contributed by atoms with Crippen LogP contribution in [0.25, 0.3) is 5.52 Å². The van der Waals surface area contributed by atoms with Gasteiger partial charge in [0.1, 0.15) is 0 Å². The first kappa shape index (κ1) is 13.6. The zero-order valence-corrected chi connectivity index (χ0v) is 12.8. The van der Waals surface area contributed by atoms with E-state index in [2.05, 4.69) is 35.5 Å². The van der Waals surface area contributed by atoms with Crippen molar-refractivity contribution in [2.75, 3.05) is 0 Å². The number of aromatic nitrogens is 2. The summed E-state index contributed by atoms with van der Waals surface area (Å²) >= 11 is 7.59. The third kappa shape index (κ3) is 3.20. The standard InChI is InChI=1S/C15H16ClN3S/c1-11(8-14-5-6-15(16)20-14)17-10-12-9-13-4-2-3-7-19(13)18-12/h2-7,9,11,17H,8,10H2,1H3. The van der Waals surface area contributed by atoms with Crippen molar-refractivity contribution in [1.29, 1.82) is 0 Å². The normalized spacial score (nSPS) is 12.9. The van der Waals surface area contributed by atoms with Crippen molar-refractivity contribution >= 4 is 28.5 Å². The van der Waals surface area contributed by atoms with Crippen LogP contribution in [0.5, 0.6) is 0 Å². The molecule has 0 aromatic carbocycles. The summed E-state index contributed by atoms with van der Waals surface area (Å²) in [5.74, 6) is 0. The predicted molar refractivity (Wildman–Crippen MR) is 84.5 cm³/mol. The SMILES string of the molecule is CC(Cc1ccc(Cl)s1)NCc1cc2ccccn2n1. The minimum atomic E-state index is 0.398. The van der Waals surface area contributed by atoms with Gasteiger partial charge in [-0.25, -0.2) is 4.52 Å². The van der Waals surface area contributed by atoms with E-state index in [1.807, 2.05) is 28.9 Å². The van der Waals surface area contributed by atoms with Crippen LogP contribution in [0.1, 0.15) is 17.5 Å². The summed E-state index contributed by atoms with van der Waals surface area (Å²) < 4.78 is 2.76. The van der Waals surface area contributed by atoms with Gasteiger partial charge >= 0.3 is 0 Å². The second kappa shape index (κ2) is 5.95. The molecule has 0 saturated heterocycles. The van der Waals surface area contributed by atoms with Gasteiger partial charge in [-0.1, -0.05) is 17.7 Å².